The summed E-state index contributed by atoms with van der Waals surface area (Å²) in [4.78, 5) is 14.0. The minimum Gasteiger partial charge on any atom is -0.465 e. The smallest absolute Gasteiger partial charge is 0.350 e. The Balaban J connectivity index is 2.21. The molecular formula is C14H19N3O3S. The van der Waals surface area contributed by atoms with Gasteiger partial charge in [-0.05, 0) is 18.8 Å². The molecule has 0 aliphatic carbocycles. The van der Waals surface area contributed by atoms with Crippen LogP contribution in [0.15, 0.2) is 0 Å². The van der Waals surface area contributed by atoms with Crippen LogP contribution in [-0.4, -0.2) is 39.9 Å². The molecule has 7 heteroatoms. The zero-order valence-corrected chi connectivity index (χ0v) is 13.0. The highest BCUT2D eigenvalue weighted by atomic mass is 32.1. The van der Waals surface area contributed by atoms with Gasteiger partial charge in [-0.25, -0.2) is 4.79 Å². The summed E-state index contributed by atoms with van der Waals surface area (Å²) in [6.45, 7) is 2.33. The summed E-state index contributed by atoms with van der Waals surface area (Å²) in [7, 11) is 3.21. The van der Waals surface area contributed by atoms with Gasteiger partial charge < -0.3 is 20.1 Å². The molecule has 0 saturated carbocycles. The second-order valence-electron chi connectivity index (χ2n) is 5.09. The number of nitrogen functional groups attached to an aromatic ring is 1. The highest BCUT2D eigenvalue weighted by Gasteiger charge is 2.25. The number of rotatable bonds is 4. The highest BCUT2D eigenvalue weighted by Crippen LogP contribution is 2.38. The Hall–Kier alpha value is -1.78. The van der Waals surface area contributed by atoms with E-state index in [1.165, 1.54) is 18.4 Å². The normalized spacial score (nSPS) is 18.0. The molecule has 114 valence electrons. The molecule has 2 rings (SSSR count). The summed E-state index contributed by atoms with van der Waals surface area (Å²) >= 11 is 1.20. The second kappa shape index (κ2) is 6.78. The predicted molar refractivity (Wildman–Crippen MR) is 81.6 cm³/mol. The Morgan fingerprint density at radius 2 is 2.43 bits per heavy atom. The molecule has 0 bridgehead atoms. The van der Waals surface area contributed by atoms with E-state index in [1.807, 2.05) is 11.9 Å². The van der Waals surface area contributed by atoms with Gasteiger partial charge in [0.2, 0.25) is 0 Å². The number of ether oxygens (including phenoxy) is 2. The van der Waals surface area contributed by atoms with Gasteiger partial charge in [0.05, 0.1) is 19.4 Å². The van der Waals surface area contributed by atoms with E-state index in [0.29, 0.717) is 16.5 Å². The minimum atomic E-state index is -0.505. The number of nitrogens with zero attached hydrogens (tertiary/aromatic N) is 2. The van der Waals surface area contributed by atoms with E-state index >= 15 is 0 Å². The average molecular weight is 309 g/mol. The zero-order chi connectivity index (χ0) is 15.4. The van der Waals surface area contributed by atoms with Crippen LogP contribution in [0, 0.1) is 17.2 Å². The van der Waals surface area contributed by atoms with Gasteiger partial charge in [-0.1, -0.05) is 0 Å². The van der Waals surface area contributed by atoms with Crippen molar-refractivity contribution in [1.29, 1.82) is 5.26 Å². The molecule has 1 fully saturated rings. The van der Waals surface area contributed by atoms with E-state index in [4.69, 9.17) is 15.2 Å². The minimum absolute atomic E-state index is 0.205. The van der Waals surface area contributed by atoms with Crippen molar-refractivity contribution >= 4 is 28.0 Å². The quantitative estimate of drug-likeness (QED) is 0.854. The highest BCUT2D eigenvalue weighted by molar-refractivity contribution is 7.18. The summed E-state index contributed by atoms with van der Waals surface area (Å²) in [5.41, 5.74) is 6.45. The van der Waals surface area contributed by atoms with Crippen LogP contribution in [0.1, 0.15) is 28.1 Å². The molecule has 2 heterocycles. The summed E-state index contributed by atoms with van der Waals surface area (Å²) in [6.07, 6.45) is 2.17. The first kappa shape index (κ1) is 15.6. The zero-order valence-electron chi connectivity index (χ0n) is 12.2. The molecule has 0 aromatic carbocycles. The van der Waals surface area contributed by atoms with Gasteiger partial charge >= 0.3 is 5.97 Å². The first-order valence-electron chi connectivity index (χ1n) is 6.78. The summed E-state index contributed by atoms with van der Waals surface area (Å²) in [5, 5.41) is 10.0. The van der Waals surface area contributed by atoms with E-state index in [0.717, 1.165) is 32.6 Å². The Morgan fingerprint density at radius 3 is 3.00 bits per heavy atom. The van der Waals surface area contributed by atoms with Crippen molar-refractivity contribution in [3.8, 4) is 6.07 Å². The van der Waals surface area contributed by atoms with Gasteiger partial charge in [0.25, 0.3) is 0 Å². The first-order chi connectivity index (χ1) is 10.1. The van der Waals surface area contributed by atoms with Crippen LogP contribution in [0.2, 0.25) is 0 Å². The molecule has 1 atom stereocenters. The Labute approximate surface area is 128 Å². The molecule has 1 aliphatic heterocycles. The fraction of sp³-hybridized carbons (Fsp3) is 0.571. The fourth-order valence-electron chi connectivity index (χ4n) is 2.47. The van der Waals surface area contributed by atoms with Crippen LogP contribution in [-0.2, 0) is 9.47 Å². The van der Waals surface area contributed by atoms with Gasteiger partial charge in [0.1, 0.15) is 21.5 Å². The summed E-state index contributed by atoms with van der Waals surface area (Å²) in [6, 6.07) is 2.09. The number of thiophene rings is 1. The van der Waals surface area contributed by atoms with Crippen molar-refractivity contribution in [2.75, 3.05) is 44.5 Å². The largest absolute Gasteiger partial charge is 0.465 e. The molecule has 21 heavy (non-hydrogen) atoms. The van der Waals surface area contributed by atoms with Crippen LogP contribution >= 0.6 is 11.3 Å². The maximum Gasteiger partial charge on any atom is 0.350 e. The molecule has 1 aromatic heterocycles. The molecule has 0 radical (unpaired) electrons. The Kier molecular flexibility index (Phi) is 5.04. The van der Waals surface area contributed by atoms with Crippen molar-refractivity contribution < 1.29 is 14.3 Å². The van der Waals surface area contributed by atoms with E-state index in [1.54, 1.807) is 0 Å². The summed E-state index contributed by atoms with van der Waals surface area (Å²) in [5.74, 6) is -0.0742. The molecular weight excluding hydrogens is 290 g/mol. The van der Waals surface area contributed by atoms with Crippen molar-refractivity contribution in [1.82, 2.24) is 0 Å². The SMILES string of the molecule is COC(=O)c1sc(N(C)CC2CCCOC2)c(C#N)c1N. The van der Waals surface area contributed by atoms with Crippen LogP contribution in [0.3, 0.4) is 0 Å². The number of carbonyl (C=O) groups is 1. The number of methoxy groups -OCH3 is 1. The molecule has 0 spiro atoms. The fourth-order valence-corrected chi connectivity index (χ4v) is 3.53. The molecule has 0 amide bonds. The molecule has 1 unspecified atom stereocenters. The van der Waals surface area contributed by atoms with E-state index in [9.17, 15) is 10.1 Å². The Morgan fingerprint density at radius 1 is 1.67 bits per heavy atom. The number of hydrogen-bond acceptors (Lipinski definition) is 7. The maximum atomic E-state index is 11.7. The van der Waals surface area contributed by atoms with E-state index < -0.39 is 5.97 Å². The van der Waals surface area contributed by atoms with Crippen molar-refractivity contribution in [3.05, 3.63) is 10.4 Å². The van der Waals surface area contributed by atoms with Gasteiger partial charge in [-0.2, -0.15) is 5.26 Å². The van der Waals surface area contributed by atoms with Crippen LogP contribution in [0.25, 0.3) is 0 Å². The van der Waals surface area contributed by atoms with Crippen molar-refractivity contribution in [3.63, 3.8) is 0 Å². The van der Waals surface area contributed by atoms with Crippen LogP contribution < -0.4 is 10.6 Å². The molecule has 6 nitrogen and oxygen atoms in total. The van der Waals surface area contributed by atoms with Crippen LogP contribution in [0.5, 0.6) is 0 Å². The lowest BCUT2D eigenvalue weighted by Gasteiger charge is -2.27. The third-order valence-corrected chi connectivity index (χ3v) is 4.84. The topological polar surface area (TPSA) is 88.6 Å². The van der Waals surface area contributed by atoms with Gasteiger partial charge in [0.15, 0.2) is 0 Å². The lowest BCUT2D eigenvalue weighted by Crippen LogP contribution is -2.30. The number of nitriles is 1. The number of anilines is 2. The standard InChI is InChI=1S/C14H19N3O3S/c1-17(7-9-4-3-5-20-8-9)13-10(6-15)11(16)12(21-13)14(18)19-2/h9H,3-5,7-8,16H2,1-2H3. The first-order valence-corrected chi connectivity index (χ1v) is 7.59. The van der Waals surface area contributed by atoms with Gasteiger partial charge in [-0.3, -0.25) is 0 Å². The monoisotopic (exact) mass is 309 g/mol. The third kappa shape index (κ3) is 3.28. The van der Waals surface area contributed by atoms with Crippen LogP contribution in [0.4, 0.5) is 10.7 Å². The summed E-state index contributed by atoms with van der Waals surface area (Å²) < 4.78 is 10.2. The number of carbonyl (C=O) groups excluding carboxylic acids is 1. The molecule has 1 saturated heterocycles. The number of nitrogens with two attached hydrogens (primary N) is 1. The average Bonchev–Trinajstić information content (AvgIpc) is 2.84. The van der Waals surface area contributed by atoms with E-state index in [-0.39, 0.29) is 10.6 Å². The van der Waals surface area contributed by atoms with Gasteiger partial charge in [0, 0.05) is 20.2 Å². The third-order valence-electron chi connectivity index (χ3n) is 3.54. The second-order valence-corrected chi connectivity index (χ2v) is 6.09. The van der Waals surface area contributed by atoms with Crippen molar-refractivity contribution in [2.45, 2.75) is 12.8 Å². The van der Waals surface area contributed by atoms with Crippen molar-refractivity contribution in [2.24, 2.45) is 5.92 Å². The predicted octanol–water partition coefficient (Wildman–Crippen LogP) is 1.85. The van der Waals surface area contributed by atoms with E-state index in [2.05, 4.69) is 6.07 Å². The Bertz CT molecular complexity index is 559. The maximum absolute atomic E-state index is 11.7. The number of hydrogen-bond donors (Lipinski definition) is 1. The lowest BCUT2D eigenvalue weighted by atomic mass is 10.0. The molecule has 1 aliphatic rings. The molecule has 2 N–H and O–H groups in total. The number of esters is 1. The molecule has 1 aromatic rings. The lowest BCUT2D eigenvalue weighted by molar-refractivity contribution is 0.0576. The van der Waals surface area contributed by atoms with Gasteiger partial charge in [-0.15, -0.1) is 11.3 Å².